The van der Waals surface area contributed by atoms with Crippen molar-refractivity contribution >= 4 is 5.82 Å². The first-order chi connectivity index (χ1) is 9.06. The molecule has 0 aliphatic rings. The second-order valence-electron chi connectivity index (χ2n) is 4.93. The molecule has 0 aliphatic heterocycles. The summed E-state index contributed by atoms with van der Waals surface area (Å²) in [5, 5.41) is 16.0. The molecule has 0 saturated heterocycles. The van der Waals surface area contributed by atoms with Crippen molar-refractivity contribution in [2.45, 2.75) is 40.7 Å². The minimum absolute atomic E-state index is 0.844. The molecular formula is C14H21N5. The lowest BCUT2D eigenvalue weighted by molar-refractivity contribution is 0.573. The molecule has 1 N–H and O–H groups in total. The van der Waals surface area contributed by atoms with Crippen LogP contribution in [-0.4, -0.2) is 26.5 Å². The average Bonchev–Trinajstić information content (AvgIpc) is 2.68. The van der Waals surface area contributed by atoms with Crippen LogP contribution in [0.25, 0.3) is 0 Å². The van der Waals surface area contributed by atoms with Crippen LogP contribution in [-0.2, 0) is 6.54 Å². The maximum atomic E-state index is 4.44. The predicted octanol–water partition coefficient (Wildman–Crippen LogP) is 2.41. The lowest BCUT2D eigenvalue weighted by atomic mass is 10.2. The summed E-state index contributed by atoms with van der Waals surface area (Å²) in [6.45, 7) is 9.91. The summed E-state index contributed by atoms with van der Waals surface area (Å²) < 4.78 is 2.04. The van der Waals surface area contributed by atoms with E-state index in [2.05, 4.69) is 33.6 Å². The third kappa shape index (κ3) is 3.53. The number of aryl methyl sites for hydroxylation is 5. The Balaban J connectivity index is 1.80. The topological polar surface area (TPSA) is 55.6 Å². The molecule has 0 bridgehead atoms. The molecule has 0 radical (unpaired) electrons. The van der Waals surface area contributed by atoms with Crippen molar-refractivity contribution in [2.75, 3.05) is 11.9 Å². The zero-order valence-electron chi connectivity index (χ0n) is 12.1. The van der Waals surface area contributed by atoms with E-state index in [1.54, 1.807) is 0 Å². The van der Waals surface area contributed by atoms with Crippen molar-refractivity contribution in [1.82, 2.24) is 20.0 Å². The number of rotatable bonds is 5. The highest BCUT2D eigenvalue weighted by atomic mass is 15.3. The van der Waals surface area contributed by atoms with Gasteiger partial charge in [-0.3, -0.25) is 4.68 Å². The summed E-state index contributed by atoms with van der Waals surface area (Å²) in [6, 6.07) is 4.13. The first-order valence-corrected chi connectivity index (χ1v) is 6.62. The Kier molecular flexibility index (Phi) is 4.14. The molecule has 2 rings (SSSR count). The first kappa shape index (κ1) is 13.5. The molecule has 0 atom stereocenters. The average molecular weight is 259 g/mol. The van der Waals surface area contributed by atoms with Gasteiger partial charge >= 0.3 is 0 Å². The number of hydrogen-bond acceptors (Lipinski definition) is 4. The summed E-state index contributed by atoms with van der Waals surface area (Å²) in [5.41, 5.74) is 4.43. The number of anilines is 1. The molecule has 2 aromatic heterocycles. The second kappa shape index (κ2) is 5.82. The molecule has 102 valence electrons. The van der Waals surface area contributed by atoms with Crippen molar-refractivity contribution in [3.8, 4) is 0 Å². The molecule has 0 aliphatic carbocycles. The standard InChI is InChI=1S/C14H21N5/c1-10-8-14(17-16-13(10)4)15-6-5-7-19-12(3)9-11(2)18-19/h8-9H,5-7H2,1-4H3,(H,15,17). The summed E-state index contributed by atoms with van der Waals surface area (Å²) in [7, 11) is 0. The highest BCUT2D eigenvalue weighted by Gasteiger charge is 2.01. The molecule has 0 fully saturated rings. The molecule has 5 heteroatoms. The second-order valence-corrected chi connectivity index (χ2v) is 4.93. The van der Waals surface area contributed by atoms with Crippen molar-refractivity contribution < 1.29 is 0 Å². The summed E-state index contributed by atoms with van der Waals surface area (Å²) in [5.74, 6) is 0.844. The van der Waals surface area contributed by atoms with Crippen molar-refractivity contribution in [3.63, 3.8) is 0 Å². The van der Waals surface area contributed by atoms with Crippen LogP contribution >= 0.6 is 0 Å². The van der Waals surface area contributed by atoms with E-state index in [1.165, 1.54) is 5.69 Å². The maximum Gasteiger partial charge on any atom is 0.148 e. The lowest BCUT2D eigenvalue weighted by Crippen LogP contribution is -2.10. The molecular weight excluding hydrogens is 238 g/mol. The van der Waals surface area contributed by atoms with Gasteiger partial charge in [0.05, 0.1) is 11.4 Å². The number of hydrogen-bond donors (Lipinski definition) is 1. The Hall–Kier alpha value is -1.91. The zero-order chi connectivity index (χ0) is 13.8. The molecule has 19 heavy (non-hydrogen) atoms. The normalized spacial score (nSPS) is 10.7. The Labute approximate surface area is 114 Å². The highest BCUT2D eigenvalue weighted by molar-refractivity contribution is 5.37. The highest BCUT2D eigenvalue weighted by Crippen LogP contribution is 2.08. The van der Waals surface area contributed by atoms with Crippen LogP contribution in [0.2, 0.25) is 0 Å². The summed E-state index contributed by atoms with van der Waals surface area (Å²) in [6.07, 6.45) is 1.01. The van der Waals surface area contributed by atoms with Crippen LogP contribution in [0.4, 0.5) is 5.82 Å². The molecule has 5 nitrogen and oxygen atoms in total. The fourth-order valence-electron chi connectivity index (χ4n) is 1.98. The molecule has 0 saturated carbocycles. The van der Waals surface area contributed by atoms with Crippen molar-refractivity contribution in [2.24, 2.45) is 0 Å². The Bertz CT molecular complexity index is 559. The van der Waals surface area contributed by atoms with Gasteiger partial charge < -0.3 is 5.32 Å². The van der Waals surface area contributed by atoms with Gasteiger partial charge in [0.1, 0.15) is 5.82 Å². The molecule has 2 heterocycles. The van der Waals surface area contributed by atoms with E-state index in [0.29, 0.717) is 0 Å². The van der Waals surface area contributed by atoms with Crippen LogP contribution in [0.15, 0.2) is 12.1 Å². The minimum atomic E-state index is 0.844. The van der Waals surface area contributed by atoms with E-state index in [9.17, 15) is 0 Å². The maximum absolute atomic E-state index is 4.44. The molecule has 0 amide bonds. The SMILES string of the molecule is Cc1cc(C)n(CCCNc2cc(C)c(C)nn2)n1. The van der Waals surface area contributed by atoms with Crippen LogP contribution in [0.5, 0.6) is 0 Å². The first-order valence-electron chi connectivity index (χ1n) is 6.62. The van der Waals surface area contributed by atoms with E-state index in [4.69, 9.17) is 0 Å². The largest absolute Gasteiger partial charge is 0.369 e. The quantitative estimate of drug-likeness (QED) is 0.838. The van der Waals surface area contributed by atoms with Crippen LogP contribution in [0.1, 0.15) is 29.1 Å². The van der Waals surface area contributed by atoms with Gasteiger partial charge in [0.2, 0.25) is 0 Å². The lowest BCUT2D eigenvalue weighted by Gasteiger charge is -2.07. The van der Waals surface area contributed by atoms with Crippen LogP contribution in [0, 0.1) is 27.7 Å². The van der Waals surface area contributed by atoms with Gasteiger partial charge in [-0.2, -0.15) is 10.2 Å². The van der Waals surface area contributed by atoms with E-state index in [1.807, 2.05) is 31.5 Å². The van der Waals surface area contributed by atoms with Gasteiger partial charge in [0.25, 0.3) is 0 Å². The van der Waals surface area contributed by atoms with Crippen LogP contribution in [0.3, 0.4) is 0 Å². The molecule has 0 unspecified atom stereocenters. The van der Waals surface area contributed by atoms with Crippen molar-refractivity contribution in [3.05, 3.63) is 34.8 Å². The smallest absolute Gasteiger partial charge is 0.148 e. The van der Waals surface area contributed by atoms with Gasteiger partial charge in [-0.1, -0.05) is 0 Å². The number of nitrogens with one attached hydrogen (secondary N) is 1. The molecule has 0 spiro atoms. The predicted molar refractivity (Wildman–Crippen MR) is 76.3 cm³/mol. The summed E-state index contributed by atoms with van der Waals surface area (Å²) >= 11 is 0. The van der Waals surface area contributed by atoms with E-state index in [-0.39, 0.29) is 0 Å². The Morgan fingerprint density at radius 1 is 1.11 bits per heavy atom. The monoisotopic (exact) mass is 259 g/mol. The van der Waals surface area contributed by atoms with Gasteiger partial charge in [-0.15, -0.1) is 5.10 Å². The fraction of sp³-hybridized carbons (Fsp3) is 0.500. The van der Waals surface area contributed by atoms with Crippen LogP contribution < -0.4 is 5.32 Å². The van der Waals surface area contributed by atoms with E-state index < -0.39 is 0 Å². The molecule has 2 aromatic rings. The summed E-state index contributed by atoms with van der Waals surface area (Å²) in [4.78, 5) is 0. The van der Waals surface area contributed by atoms with E-state index in [0.717, 1.165) is 42.3 Å². The Morgan fingerprint density at radius 2 is 1.89 bits per heavy atom. The number of aromatic nitrogens is 4. The Morgan fingerprint density at radius 3 is 2.53 bits per heavy atom. The van der Waals surface area contributed by atoms with Gasteiger partial charge in [-0.25, -0.2) is 0 Å². The van der Waals surface area contributed by atoms with E-state index >= 15 is 0 Å². The van der Waals surface area contributed by atoms with Gasteiger partial charge in [0.15, 0.2) is 0 Å². The van der Waals surface area contributed by atoms with Gasteiger partial charge in [0, 0.05) is 18.8 Å². The van der Waals surface area contributed by atoms with Gasteiger partial charge in [-0.05, 0) is 51.8 Å². The van der Waals surface area contributed by atoms with Crippen molar-refractivity contribution in [1.29, 1.82) is 0 Å². The fourth-order valence-corrected chi connectivity index (χ4v) is 1.98. The zero-order valence-corrected chi connectivity index (χ0v) is 12.1. The number of nitrogens with zero attached hydrogens (tertiary/aromatic N) is 4. The third-order valence-electron chi connectivity index (χ3n) is 3.19. The molecule has 0 aromatic carbocycles. The third-order valence-corrected chi connectivity index (χ3v) is 3.19. The minimum Gasteiger partial charge on any atom is -0.369 e.